The molecule has 4 nitrogen and oxygen atoms in total. The summed E-state index contributed by atoms with van der Waals surface area (Å²) < 4.78 is 14.1. The fraction of sp³-hybridized carbons (Fsp3) is 0.562. The van der Waals surface area contributed by atoms with E-state index in [9.17, 15) is 9.18 Å². The summed E-state index contributed by atoms with van der Waals surface area (Å²) in [7, 11) is 0. The molecule has 1 atom stereocenters. The summed E-state index contributed by atoms with van der Waals surface area (Å²) in [6.07, 6.45) is 0.896. The van der Waals surface area contributed by atoms with Crippen LogP contribution in [0.1, 0.15) is 32.8 Å². The highest BCUT2D eigenvalue weighted by molar-refractivity contribution is 5.73. The Morgan fingerprint density at radius 3 is 2.90 bits per heavy atom. The van der Waals surface area contributed by atoms with E-state index in [4.69, 9.17) is 0 Å². The summed E-state index contributed by atoms with van der Waals surface area (Å²) in [5, 5.41) is 6.21. The standard InChI is InChI=1S/C16H24FN3O/c1-11(2)18-9-14-15(17)5-4-6-16(14)20-8-7-13(10-20)19-12(3)21/h4-6,11,13,18H,7-10H2,1-3H3,(H,19,21). The van der Waals surface area contributed by atoms with Gasteiger partial charge < -0.3 is 15.5 Å². The lowest BCUT2D eigenvalue weighted by Crippen LogP contribution is -2.36. The van der Waals surface area contributed by atoms with E-state index in [-0.39, 0.29) is 17.8 Å². The van der Waals surface area contributed by atoms with Crippen LogP contribution in [0.2, 0.25) is 0 Å². The number of carbonyl (C=O) groups is 1. The zero-order valence-corrected chi connectivity index (χ0v) is 12.9. The summed E-state index contributed by atoms with van der Waals surface area (Å²) in [6.45, 7) is 7.71. The van der Waals surface area contributed by atoms with Gasteiger partial charge in [0.25, 0.3) is 0 Å². The van der Waals surface area contributed by atoms with Crippen LogP contribution in [-0.2, 0) is 11.3 Å². The van der Waals surface area contributed by atoms with Crippen molar-refractivity contribution in [1.82, 2.24) is 10.6 Å². The second-order valence-corrected chi connectivity index (χ2v) is 5.91. The molecule has 1 aromatic carbocycles. The maximum Gasteiger partial charge on any atom is 0.217 e. The van der Waals surface area contributed by atoms with Crippen LogP contribution in [0, 0.1) is 5.82 Å². The number of nitrogens with zero attached hydrogens (tertiary/aromatic N) is 1. The third-order valence-corrected chi connectivity index (χ3v) is 3.72. The third kappa shape index (κ3) is 4.17. The number of carbonyl (C=O) groups excluding carboxylic acids is 1. The van der Waals surface area contributed by atoms with Crippen LogP contribution in [0.25, 0.3) is 0 Å². The number of nitrogens with one attached hydrogen (secondary N) is 2. The van der Waals surface area contributed by atoms with Gasteiger partial charge in [-0.15, -0.1) is 0 Å². The minimum absolute atomic E-state index is 0.0113. The van der Waals surface area contributed by atoms with E-state index >= 15 is 0 Å². The molecule has 116 valence electrons. The van der Waals surface area contributed by atoms with Crippen molar-refractivity contribution in [3.63, 3.8) is 0 Å². The van der Waals surface area contributed by atoms with E-state index in [1.807, 2.05) is 19.9 Å². The number of anilines is 1. The third-order valence-electron chi connectivity index (χ3n) is 3.72. The SMILES string of the molecule is CC(=O)NC1CCN(c2cccc(F)c2CNC(C)C)C1. The Hall–Kier alpha value is -1.62. The molecule has 2 rings (SSSR count). The molecule has 1 aliphatic rings. The van der Waals surface area contributed by atoms with Gasteiger partial charge in [-0.3, -0.25) is 4.79 Å². The van der Waals surface area contributed by atoms with Gasteiger partial charge in [0, 0.05) is 49.9 Å². The molecule has 0 aromatic heterocycles. The van der Waals surface area contributed by atoms with Crippen molar-refractivity contribution in [2.24, 2.45) is 0 Å². The molecular formula is C16H24FN3O. The maximum absolute atomic E-state index is 14.1. The molecule has 0 spiro atoms. The lowest BCUT2D eigenvalue weighted by Gasteiger charge is -2.23. The van der Waals surface area contributed by atoms with Crippen LogP contribution >= 0.6 is 0 Å². The molecule has 1 heterocycles. The second-order valence-electron chi connectivity index (χ2n) is 5.91. The minimum atomic E-state index is -0.177. The first-order chi connectivity index (χ1) is 9.97. The van der Waals surface area contributed by atoms with Crippen LogP contribution < -0.4 is 15.5 Å². The number of rotatable bonds is 5. The number of hydrogen-bond acceptors (Lipinski definition) is 3. The summed E-state index contributed by atoms with van der Waals surface area (Å²) in [6, 6.07) is 5.66. The Kier molecular flexibility index (Phi) is 5.17. The predicted octanol–water partition coefficient (Wildman–Crippen LogP) is 2.04. The average Bonchev–Trinajstić information content (AvgIpc) is 2.84. The first kappa shape index (κ1) is 15.8. The Bertz CT molecular complexity index is 504. The molecule has 1 saturated heterocycles. The van der Waals surface area contributed by atoms with Crippen molar-refractivity contribution in [1.29, 1.82) is 0 Å². The smallest absolute Gasteiger partial charge is 0.217 e. The monoisotopic (exact) mass is 293 g/mol. The van der Waals surface area contributed by atoms with Gasteiger partial charge in [-0.25, -0.2) is 4.39 Å². The Morgan fingerprint density at radius 2 is 2.24 bits per heavy atom. The topological polar surface area (TPSA) is 44.4 Å². The first-order valence-corrected chi connectivity index (χ1v) is 7.50. The van der Waals surface area contributed by atoms with Crippen LogP contribution in [0.5, 0.6) is 0 Å². The number of halogens is 1. The van der Waals surface area contributed by atoms with E-state index in [0.717, 1.165) is 25.2 Å². The van der Waals surface area contributed by atoms with E-state index < -0.39 is 0 Å². The van der Waals surface area contributed by atoms with Crippen molar-refractivity contribution in [2.45, 2.75) is 45.8 Å². The molecule has 0 saturated carbocycles. The molecule has 2 N–H and O–H groups in total. The van der Waals surface area contributed by atoms with Crippen molar-refractivity contribution in [3.8, 4) is 0 Å². The average molecular weight is 293 g/mol. The van der Waals surface area contributed by atoms with Crippen molar-refractivity contribution < 1.29 is 9.18 Å². The molecule has 21 heavy (non-hydrogen) atoms. The molecule has 1 amide bonds. The van der Waals surface area contributed by atoms with Gasteiger partial charge in [-0.1, -0.05) is 19.9 Å². The lowest BCUT2D eigenvalue weighted by atomic mass is 10.1. The minimum Gasteiger partial charge on any atom is -0.369 e. The number of benzene rings is 1. The van der Waals surface area contributed by atoms with Gasteiger partial charge in [0.05, 0.1) is 0 Å². The van der Waals surface area contributed by atoms with Gasteiger partial charge in [0.1, 0.15) is 5.82 Å². The quantitative estimate of drug-likeness (QED) is 0.873. The number of hydrogen-bond donors (Lipinski definition) is 2. The van der Waals surface area contributed by atoms with E-state index in [0.29, 0.717) is 18.2 Å². The van der Waals surface area contributed by atoms with Crippen LogP contribution in [0.4, 0.5) is 10.1 Å². The van der Waals surface area contributed by atoms with Gasteiger partial charge in [-0.2, -0.15) is 0 Å². The van der Waals surface area contributed by atoms with Gasteiger partial charge in [-0.05, 0) is 18.6 Å². The van der Waals surface area contributed by atoms with Crippen LogP contribution in [-0.4, -0.2) is 31.1 Å². The molecule has 1 aliphatic heterocycles. The van der Waals surface area contributed by atoms with Crippen LogP contribution in [0.3, 0.4) is 0 Å². The highest BCUT2D eigenvalue weighted by Crippen LogP contribution is 2.26. The molecule has 0 bridgehead atoms. The van der Waals surface area contributed by atoms with E-state index in [2.05, 4.69) is 15.5 Å². The van der Waals surface area contributed by atoms with Crippen molar-refractivity contribution in [2.75, 3.05) is 18.0 Å². The summed E-state index contributed by atoms with van der Waals surface area (Å²) in [5.74, 6) is -0.189. The highest BCUT2D eigenvalue weighted by atomic mass is 19.1. The summed E-state index contributed by atoms with van der Waals surface area (Å²) in [5.41, 5.74) is 1.63. The number of amides is 1. The Labute approximate surface area is 125 Å². The van der Waals surface area contributed by atoms with Gasteiger partial charge in [0.2, 0.25) is 5.91 Å². The van der Waals surface area contributed by atoms with Gasteiger partial charge >= 0.3 is 0 Å². The van der Waals surface area contributed by atoms with Crippen molar-refractivity contribution in [3.05, 3.63) is 29.6 Å². The molecule has 1 unspecified atom stereocenters. The lowest BCUT2D eigenvalue weighted by molar-refractivity contribution is -0.119. The van der Waals surface area contributed by atoms with Gasteiger partial charge in [0.15, 0.2) is 0 Å². The van der Waals surface area contributed by atoms with Crippen LogP contribution in [0.15, 0.2) is 18.2 Å². The van der Waals surface area contributed by atoms with Crippen molar-refractivity contribution >= 4 is 11.6 Å². The zero-order valence-electron chi connectivity index (χ0n) is 12.9. The molecule has 1 fully saturated rings. The second kappa shape index (κ2) is 6.89. The zero-order chi connectivity index (χ0) is 15.4. The molecule has 0 aliphatic carbocycles. The molecule has 5 heteroatoms. The summed E-state index contributed by atoms with van der Waals surface area (Å²) in [4.78, 5) is 13.3. The largest absolute Gasteiger partial charge is 0.369 e. The fourth-order valence-corrected chi connectivity index (χ4v) is 2.71. The molecule has 0 radical (unpaired) electrons. The molecular weight excluding hydrogens is 269 g/mol. The normalized spacial score (nSPS) is 18.3. The van der Waals surface area contributed by atoms with E-state index in [1.165, 1.54) is 13.0 Å². The highest BCUT2D eigenvalue weighted by Gasteiger charge is 2.25. The predicted molar refractivity (Wildman–Crippen MR) is 82.8 cm³/mol. The first-order valence-electron chi connectivity index (χ1n) is 7.50. The Morgan fingerprint density at radius 1 is 1.48 bits per heavy atom. The fourth-order valence-electron chi connectivity index (χ4n) is 2.71. The Balaban J connectivity index is 2.12. The van der Waals surface area contributed by atoms with E-state index in [1.54, 1.807) is 6.07 Å². The molecule has 1 aromatic rings. The maximum atomic E-state index is 14.1. The summed E-state index contributed by atoms with van der Waals surface area (Å²) >= 11 is 0.